The van der Waals surface area contributed by atoms with Gasteiger partial charge in [0.15, 0.2) is 0 Å². The first kappa shape index (κ1) is 27.2. The molecule has 2 aromatic carbocycles. The molecule has 1 unspecified atom stereocenters. The Hall–Kier alpha value is -1.82. The molecule has 1 saturated carbocycles. The molecule has 0 N–H and O–H groups in total. The number of unbranched alkanes of at least 4 members (excludes halogenated alkanes) is 7. The first-order valence-electron chi connectivity index (χ1n) is 15.7. The van der Waals surface area contributed by atoms with E-state index in [1.807, 2.05) is 0 Å². The van der Waals surface area contributed by atoms with Gasteiger partial charge in [0.1, 0.15) is 0 Å². The summed E-state index contributed by atoms with van der Waals surface area (Å²) >= 11 is 0. The van der Waals surface area contributed by atoms with Gasteiger partial charge in [-0.3, -0.25) is 0 Å². The molecule has 1 atom stereocenters. The van der Waals surface area contributed by atoms with Crippen molar-refractivity contribution in [1.29, 1.82) is 0 Å². The minimum absolute atomic E-state index is 0.779. The second kappa shape index (κ2) is 14.8. The summed E-state index contributed by atoms with van der Waals surface area (Å²) in [5.74, 6) is 2.67. The van der Waals surface area contributed by atoms with Crippen molar-refractivity contribution < 1.29 is 0 Å². The molecule has 36 heavy (non-hydrogen) atoms. The number of hydrogen-bond acceptors (Lipinski definition) is 0. The maximum Gasteiger partial charge on any atom is -0.0162 e. The summed E-state index contributed by atoms with van der Waals surface area (Å²) in [7, 11) is 0. The third-order valence-corrected chi connectivity index (χ3v) is 9.38. The Labute approximate surface area is 223 Å². The van der Waals surface area contributed by atoms with Gasteiger partial charge in [0, 0.05) is 0 Å². The van der Waals surface area contributed by atoms with E-state index in [0.717, 1.165) is 17.8 Å². The highest BCUT2D eigenvalue weighted by atomic mass is 14.3. The summed E-state index contributed by atoms with van der Waals surface area (Å²) in [6.45, 7) is 4.65. The van der Waals surface area contributed by atoms with E-state index in [0.29, 0.717) is 0 Å². The molecule has 0 saturated heterocycles. The Kier molecular flexibility index (Phi) is 11.2. The Bertz CT molecular complexity index is 892. The SMILES string of the molecule is CCCCCCCCCCC1CC=C(c2ccc(-c3ccc([C@H]4CC[C@H](CC)CC4)cc3)cc2)CC1. The van der Waals surface area contributed by atoms with Crippen LogP contribution in [0, 0.1) is 11.8 Å². The topological polar surface area (TPSA) is 0 Å². The minimum Gasteiger partial charge on any atom is -0.0804 e. The van der Waals surface area contributed by atoms with Gasteiger partial charge >= 0.3 is 0 Å². The van der Waals surface area contributed by atoms with E-state index in [-0.39, 0.29) is 0 Å². The fourth-order valence-corrected chi connectivity index (χ4v) is 6.71. The van der Waals surface area contributed by atoms with Crippen LogP contribution in [0.2, 0.25) is 0 Å². The van der Waals surface area contributed by atoms with Gasteiger partial charge in [-0.1, -0.05) is 133 Å². The van der Waals surface area contributed by atoms with E-state index in [2.05, 4.69) is 68.5 Å². The molecule has 4 rings (SSSR count). The minimum atomic E-state index is 0.779. The highest BCUT2D eigenvalue weighted by molar-refractivity contribution is 5.71. The van der Waals surface area contributed by atoms with E-state index in [1.54, 1.807) is 11.1 Å². The molecular weight excluding hydrogens is 432 g/mol. The molecule has 2 aromatic rings. The number of hydrogen-bond donors (Lipinski definition) is 0. The predicted octanol–water partition coefficient (Wildman–Crippen LogP) is 11.8. The molecule has 196 valence electrons. The van der Waals surface area contributed by atoms with Gasteiger partial charge in [-0.05, 0) is 90.5 Å². The number of allylic oxidation sites excluding steroid dienone is 2. The third-order valence-electron chi connectivity index (χ3n) is 9.38. The van der Waals surface area contributed by atoms with Crippen LogP contribution in [0.5, 0.6) is 0 Å². The van der Waals surface area contributed by atoms with E-state index >= 15 is 0 Å². The second-order valence-corrected chi connectivity index (χ2v) is 12.0. The largest absolute Gasteiger partial charge is 0.0804 e. The van der Waals surface area contributed by atoms with Gasteiger partial charge in [-0.2, -0.15) is 0 Å². The van der Waals surface area contributed by atoms with Crippen LogP contribution in [-0.4, -0.2) is 0 Å². The first-order chi connectivity index (χ1) is 17.8. The normalized spacial score (nSPS) is 22.4. The maximum absolute atomic E-state index is 2.55. The van der Waals surface area contributed by atoms with Crippen LogP contribution >= 0.6 is 0 Å². The lowest BCUT2D eigenvalue weighted by Crippen LogP contribution is -2.12. The van der Waals surface area contributed by atoms with Gasteiger partial charge < -0.3 is 0 Å². The Morgan fingerprint density at radius 3 is 1.75 bits per heavy atom. The average Bonchev–Trinajstić information content (AvgIpc) is 2.95. The van der Waals surface area contributed by atoms with Crippen molar-refractivity contribution in [3.8, 4) is 11.1 Å². The van der Waals surface area contributed by atoms with E-state index in [9.17, 15) is 0 Å². The zero-order valence-corrected chi connectivity index (χ0v) is 23.4. The Morgan fingerprint density at radius 1 is 0.583 bits per heavy atom. The van der Waals surface area contributed by atoms with E-state index in [1.165, 1.54) is 126 Å². The predicted molar refractivity (Wildman–Crippen MR) is 159 cm³/mol. The lowest BCUT2D eigenvalue weighted by molar-refractivity contribution is 0.319. The third kappa shape index (κ3) is 8.09. The van der Waals surface area contributed by atoms with Crippen LogP contribution in [0.1, 0.15) is 140 Å². The van der Waals surface area contributed by atoms with Crippen LogP contribution in [0.4, 0.5) is 0 Å². The van der Waals surface area contributed by atoms with Gasteiger partial charge in [0.25, 0.3) is 0 Å². The van der Waals surface area contributed by atoms with Gasteiger partial charge in [-0.25, -0.2) is 0 Å². The summed E-state index contributed by atoms with van der Waals surface area (Å²) in [5, 5.41) is 0. The summed E-state index contributed by atoms with van der Waals surface area (Å²) in [6.07, 6.45) is 26.3. The lowest BCUT2D eigenvalue weighted by atomic mass is 9.77. The van der Waals surface area contributed by atoms with Crippen LogP contribution in [0.15, 0.2) is 54.6 Å². The highest BCUT2D eigenvalue weighted by Crippen LogP contribution is 2.38. The molecule has 0 aromatic heterocycles. The van der Waals surface area contributed by atoms with Crippen molar-refractivity contribution in [2.75, 3.05) is 0 Å². The molecule has 0 amide bonds. The molecular formula is C36H52. The van der Waals surface area contributed by atoms with Crippen molar-refractivity contribution in [2.45, 2.75) is 129 Å². The summed E-state index contributed by atoms with van der Waals surface area (Å²) in [6, 6.07) is 18.9. The molecule has 0 nitrogen and oxygen atoms in total. The summed E-state index contributed by atoms with van der Waals surface area (Å²) in [4.78, 5) is 0. The molecule has 0 aliphatic heterocycles. The maximum atomic E-state index is 2.55. The standard InChI is InChI=1S/C36H52/c1-3-5-6-7-8-9-10-11-12-30-15-19-32(20-16-30)34-23-27-36(28-24-34)35-25-21-33(22-26-35)31-17-13-29(4-2)14-18-31/h19,21-31H,3-18,20H2,1-2H3/t29-,30?,31-. The Balaban J connectivity index is 1.20. The molecule has 0 radical (unpaired) electrons. The van der Waals surface area contributed by atoms with Crippen molar-refractivity contribution in [3.63, 3.8) is 0 Å². The molecule has 2 aliphatic rings. The summed E-state index contributed by atoms with van der Waals surface area (Å²) in [5.41, 5.74) is 7.28. The zero-order chi connectivity index (χ0) is 25.0. The quantitative estimate of drug-likeness (QED) is 0.248. The van der Waals surface area contributed by atoms with E-state index < -0.39 is 0 Å². The van der Waals surface area contributed by atoms with Crippen LogP contribution in [-0.2, 0) is 0 Å². The monoisotopic (exact) mass is 484 g/mol. The van der Waals surface area contributed by atoms with Crippen LogP contribution in [0.3, 0.4) is 0 Å². The van der Waals surface area contributed by atoms with Crippen LogP contribution in [0.25, 0.3) is 16.7 Å². The molecule has 0 heteroatoms. The first-order valence-corrected chi connectivity index (χ1v) is 15.7. The fraction of sp³-hybridized carbons (Fsp3) is 0.611. The molecule has 0 spiro atoms. The lowest BCUT2D eigenvalue weighted by Gasteiger charge is -2.28. The van der Waals surface area contributed by atoms with Gasteiger partial charge in [-0.15, -0.1) is 0 Å². The van der Waals surface area contributed by atoms with Crippen LogP contribution < -0.4 is 0 Å². The average molecular weight is 485 g/mol. The number of benzene rings is 2. The zero-order valence-electron chi connectivity index (χ0n) is 23.4. The fourth-order valence-electron chi connectivity index (χ4n) is 6.71. The molecule has 0 bridgehead atoms. The van der Waals surface area contributed by atoms with Crippen molar-refractivity contribution in [2.24, 2.45) is 11.8 Å². The van der Waals surface area contributed by atoms with E-state index in [4.69, 9.17) is 0 Å². The smallest absolute Gasteiger partial charge is 0.0162 e. The van der Waals surface area contributed by atoms with Crippen molar-refractivity contribution in [1.82, 2.24) is 0 Å². The van der Waals surface area contributed by atoms with Gasteiger partial charge in [0.05, 0.1) is 0 Å². The van der Waals surface area contributed by atoms with Crippen molar-refractivity contribution in [3.05, 3.63) is 65.7 Å². The number of rotatable bonds is 13. The molecule has 1 fully saturated rings. The van der Waals surface area contributed by atoms with Gasteiger partial charge in [0.2, 0.25) is 0 Å². The highest BCUT2D eigenvalue weighted by Gasteiger charge is 2.21. The summed E-state index contributed by atoms with van der Waals surface area (Å²) < 4.78 is 0. The van der Waals surface area contributed by atoms with Crippen molar-refractivity contribution >= 4 is 5.57 Å². The second-order valence-electron chi connectivity index (χ2n) is 12.0. The molecule has 0 heterocycles. The Morgan fingerprint density at radius 2 is 1.17 bits per heavy atom. The molecule has 2 aliphatic carbocycles.